The van der Waals surface area contributed by atoms with E-state index < -0.39 is 0 Å². The molecule has 2 aliphatic rings. The second-order valence-electron chi connectivity index (χ2n) is 6.62. The average molecular weight is 319 g/mol. The highest BCUT2D eigenvalue weighted by molar-refractivity contribution is 5.49. The Morgan fingerprint density at radius 2 is 1.83 bits per heavy atom. The molecule has 2 aliphatic heterocycles. The quantitative estimate of drug-likeness (QED) is 0.896. The van der Waals surface area contributed by atoms with Crippen molar-refractivity contribution >= 4 is 11.6 Å². The van der Waals surface area contributed by atoms with Crippen molar-refractivity contribution in [2.45, 2.75) is 38.6 Å². The number of ether oxygens (including phenoxy) is 1. The van der Waals surface area contributed by atoms with Crippen LogP contribution < -0.4 is 10.2 Å². The molecule has 2 saturated heterocycles. The molecule has 3 heterocycles. The molecule has 0 radical (unpaired) electrons. The minimum atomic E-state index is 0.389. The average Bonchev–Trinajstić information content (AvgIpc) is 2.84. The molecule has 128 valence electrons. The van der Waals surface area contributed by atoms with E-state index in [0.717, 1.165) is 44.5 Å². The molecule has 23 heavy (non-hydrogen) atoms. The van der Waals surface area contributed by atoms with Gasteiger partial charge in [0.05, 0.1) is 13.2 Å². The van der Waals surface area contributed by atoms with Crippen LogP contribution in [0.5, 0.6) is 0 Å². The van der Waals surface area contributed by atoms with E-state index in [2.05, 4.69) is 38.1 Å². The second-order valence-corrected chi connectivity index (χ2v) is 6.62. The fourth-order valence-corrected chi connectivity index (χ4v) is 3.40. The zero-order valence-electron chi connectivity index (χ0n) is 14.2. The number of hydrogen-bond donors (Lipinski definition) is 1. The van der Waals surface area contributed by atoms with E-state index in [9.17, 15) is 0 Å². The molecule has 1 atom stereocenters. The SMILES string of the molecule is CC(CN1CCCCCC1)Nc1cc(N2CCOCC2)ncn1. The lowest BCUT2D eigenvalue weighted by Gasteiger charge is -2.28. The van der Waals surface area contributed by atoms with Crippen LogP contribution in [0, 0.1) is 0 Å². The highest BCUT2D eigenvalue weighted by Gasteiger charge is 2.15. The molecule has 1 aromatic rings. The molecule has 1 N–H and O–H groups in total. The Labute approximate surface area is 139 Å². The Bertz CT molecular complexity index is 470. The van der Waals surface area contributed by atoms with Crippen molar-refractivity contribution < 1.29 is 4.74 Å². The topological polar surface area (TPSA) is 53.5 Å². The van der Waals surface area contributed by atoms with Crippen LogP contribution in [0.1, 0.15) is 32.6 Å². The van der Waals surface area contributed by atoms with Crippen LogP contribution in [0.25, 0.3) is 0 Å². The Morgan fingerprint density at radius 3 is 2.57 bits per heavy atom. The van der Waals surface area contributed by atoms with E-state index in [1.165, 1.54) is 38.8 Å². The van der Waals surface area contributed by atoms with Gasteiger partial charge in [-0.3, -0.25) is 0 Å². The standard InChI is InChI=1S/C17H29N5O/c1-15(13-21-6-4-2-3-5-7-21)20-16-12-17(19-14-18-16)22-8-10-23-11-9-22/h12,14-15H,2-11,13H2,1H3,(H,18,19,20). The Hall–Kier alpha value is -1.40. The maximum atomic E-state index is 5.40. The number of nitrogens with zero attached hydrogens (tertiary/aromatic N) is 4. The third-order valence-corrected chi connectivity index (χ3v) is 4.61. The molecule has 0 amide bonds. The predicted molar refractivity (Wildman–Crippen MR) is 93.1 cm³/mol. The molecule has 0 bridgehead atoms. The van der Waals surface area contributed by atoms with Crippen molar-refractivity contribution in [3.05, 3.63) is 12.4 Å². The van der Waals surface area contributed by atoms with Crippen molar-refractivity contribution in [3.63, 3.8) is 0 Å². The summed E-state index contributed by atoms with van der Waals surface area (Å²) in [7, 11) is 0. The molecule has 1 unspecified atom stereocenters. The van der Waals surface area contributed by atoms with Gasteiger partial charge < -0.3 is 19.9 Å². The second kappa shape index (κ2) is 8.45. The molecule has 6 nitrogen and oxygen atoms in total. The number of morpholine rings is 1. The van der Waals surface area contributed by atoms with Crippen molar-refractivity contribution in [1.29, 1.82) is 0 Å². The van der Waals surface area contributed by atoms with Gasteiger partial charge in [-0.2, -0.15) is 0 Å². The summed E-state index contributed by atoms with van der Waals surface area (Å²) in [6, 6.07) is 2.45. The number of likely N-dealkylation sites (tertiary alicyclic amines) is 1. The summed E-state index contributed by atoms with van der Waals surface area (Å²) >= 11 is 0. The lowest BCUT2D eigenvalue weighted by molar-refractivity contribution is 0.122. The fourth-order valence-electron chi connectivity index (χ4n) is 3.40. The molecular formula is C17H29N5O. The van der Waals surface area contributed by atoms with Gasteiger partial charge in [0, 0.05) is 31.7 Å². The van der Waals surface area contributed by atoms with E-state index in [1.54, 1.807) is 6.33 Å². The molecule has 3 rings (SSSR count). The first-order chi connectivity index (χ1) is 11.3. The summed E-state index contributed by atoms with van der Waals surface area (Å²) in [5, 5.41) is 3.54. The summed E-state index contributed by atoms with van der Waals surface area (Å²) in [5.41, 5.74) is 0. The Kier molecular flexibility index (Phi) is 6.05. The van der Waals surface area contributed by atoms with Gasteiger partial charge in [-0.05, 0) is 32.9 Å². The number of hydrogen-bond acceptors (Lipinski definition) is 6. The lowest BCUT2D eigenvalue weighted by atomic mass is 10.2. The van der Waals surface area contributed by atoms with Crippen LogP contribution in [-0.2, 0) is 4.74 Å². The summed E-state index contributed by atoms with van der Waals surface area (Å²) in [6.07, 6.45) is 7.09. The highest BCUT2D eigenvalue weighted by atomic mass is 16.5. The van der Waals surface area contributed by atoms with Crippen LogP contribution in [0.2, 0.25) is 0 Å². The number of rotatable bonds is 5. The van der Waals surface area contributed by atoms with Gasteiger partial charge in [0.15, 0.2) is 0 Å². The Balaban J connectivity index is 1.54. The van der Waals surface area contributed by atoms with Crippen LogP contribution in [0.4, 0.5) is 11.6 Å². The molecule has 0 aromatic carbocycles. The van der Waals surface area contributed by atoms with Gasteiger partial charge in [-0.25, -0.2) is 9.97 Å². The van der Waals surface area contributed by atoms with Crippen molar-refractivity contribution in [2.75, 3.05) is 56.2 Å². The zero-order chi connectivity index (χ0) is 15.9. The molecule has 1 aromatic heterocycles. The third-order valence-electron chi connectivity index (χ3n) is 4.61. The van der Waals surface area contributed by atoms with Crippen LogP contribution in [0.15, 0.2) is 12.4 Å². The molecule has 0 saturated carbocycles. The molecule has 0 aliphatic carbocycles. The minimum absolute atomic E-state index is 0.389. The summed E-state index contributed by atoms with van der Waals surface area (Å²) in [5.74, 6) is 1.91. The zero-order valence-corrected chi connectivity index (χ0v) is 14.2. The predicted octanol–water partition coefficient (Wildman–Crippen LogP) is 1.99. The van der Waals surface area contributed by atoms with Crippen molar-refractivity contribution in [1.82, 2.24) is 14.9 Å². The summed E-state index contributed by atoms with van der Waals surface area (Å²) in [4.78, 5) is 13.6. The van der Waals surface area contributed by atoms with E-state index in [-0.39, 0.29) is 0 Å². The highest BCUT2D eigenvalue weighted by Crippen LogP contribution is 2.16. The minimum Gasteiger partial charge on any atom is -0.378 e. The largest absolute Gasteiger partial charge is 0.378 e. The van der Waals surface area contributed by atoms with Gasteiger partial charge >= 0.3 is 0 Å². The van der Waals surface area contributed by atoms with Gasteiger partial charge in [0.25, 0.3) is 0 Å². The maximum absolute atomic E-state index is 5.40. The molecule has 0 spiro atoms. The van der Waals surface area contributed by atoms with Gasteiger partial charge in [0.1, 0.15) is 18.0 Å². The first-order valence-electron chi connectivity index (χ1n) is 8.95. The fraction of sp³-hybridized carbons (Fsp3) is 0.765. The monoisotopic (exact) mass is 319 g/mol. The van der Waals surface area contributed by atoms with Crippen molar-refractivity contribution in [3.8, 4) is 0 Å². The smallest absolute Gasteiger partial charge is 0.134 e. The normalized spacial score (nSPS) is 21.7. The van der Waals surface area contributed by atoms with Gasteiger partial charge in [0.2, 0.25) is 0 Å². The molecule has 6 heteroatoms. The van der Waals surface area contributed by atoms with Gasteiger partial charge in [-0.15, -0.1) is 0 Å². The maximum Gasteiger partial charge on any atom is 0.134 e. The Morgan fingerprint density at radius 1 is 1.09 bits per heavy atom. The summed E-state index contributed by atoms with van der Waals surface area (Å²) in [6.45, 7) is 9.14. The molecule has 2 fully saturated rings. The van der Waals surface area contributed by atoms with E-state index >= 15 is 0 Å². The van der Waals surface area contributed by atoms with Crippen LogP contribution in [-0.4, -0.2) is 66.8 Å². The summed E-state index contributed by atoms with van der Waals surface area (Å²) < 4.78 is 5.40. The first kappa shape index (κ1) is 16.5. The van der Waals surface area contributed by atoms with Crippen molar-refractivity contribution in [2.24, 2.45) is 0 Å². The third kappa shape index (κ3) is 5.04. The van der Waals surface area contributed by atoms with Crippen LogP contribution >= 0.6 is 0 Å². The lowest BCUT2D eigenvalue weighted by Crippen LogP contribution is -2.37. The van der Waals surface area contributed by atoms with Gasteiger partial charge in [-0.1, -0.05) is 12.8 Å². The van der Waals surface area contributed by atoms with E-state index in [1.807, 2.05) is 0 Å². The number of anilines is 2. The molecular weight excluding hydrogens is 290 g/mol. The van der Waals surface area contributed by atoms with Crippen LogP contribution in [0.3, 0.4) is 0 Å². The number of aromatic nitrogens is 2. The van der Waals surface area contributed by atoms with E-state index in [4.69, 9.17) is 4.74 Å². The number of nitrogens with one attached hydrogen (secondary N) is 1. The van der Waals surface area contributed by atoms with E-state index in [0.29, 0.717) is 6.04 Å². The first-order valence-corrected chi connectivity index (χ1v) is 8.95.